The lowest BCUT2D eigenvalue weighted by atomic mass is 10.2. The maximum absolute atomic E-state index is 11.6. The Morgan fingerprint density at radius 3 is 2.36 bits per heavy atom. The van der Waals surface area contributed by atoms with Crippen LogP contribution in [0.4, 0.5) is 8.78 Å². The normalized spacial score (nSPS) is 30.5. The van der Waals surface area contributed by atoms with Gasteiger partial charge in [0.15, 0.2) is 0 Å². The van der Waals surface area contributed by atoms with Crippen LogP contribution in [0.2, 0.25) is 0 Å². The SMILES string of the molecule is Cl.N[C@H]1CCC[C@@H]1OC(F)F. The van der Waals surface area contributed by atoms with Crippen molar-refractivity contribution in [3.8, 4) is 0 Å². The number of nitrogens with two attached hydrogens (primary N) is 1. The number of rotatable bonds is 2. The van der Waals surface area contributed by atoms with Gasteiger partial charge in [-0.3, -0.25) is 0 Å². The molecule has 1 saturated carbocycles. The van der Waals surface area contributed by atoms with Gasteiger partial charge in [-0.1, -0.05) is 0 Å². The van der Waals surface area contributed by atoms with E-state index in [0.29, 0.717) is 6.42 Å². The molecule has 0 bridgehead atoms. The maximum atomic E-state index is 11.6. The first-order valence-electron chi connectivity index (χ1n) is 3.39. The van der Waals surface area contributed by atoms with Gasteiger partial charge in [0, 0.05) is 6.04 Å². The fourth-order valence-corrected chi connectivity index (χ4v) is 1.26. The van der Waals surface area contributed by atoms with Crippen molar-refractivity contribution in [2.45, 2.75) is 38.0 Å². The first kappa shape index (κ1) is 11.1. The molecule has 0 aliphatic heterocycles. The number of ether oxygens (including phenoxy) is 1. The molecule has 0 aromatic rings. The highest BCUT2D eigenvalue weighted by Crippen LogP contribution is 2.21. The van der Waals surface area contributed by atoms with Gasteiger partial charge in [0.25, 0.3) is 0 Å². The Hall–Kier alpha value is 0.0700. The Bertz CT molecular complexity index is 115. The standard InChI is InChI=1S/C6H11F2NO.ClH/c7-6(8)10-5-3-1-2-4(5)9;/h4-6H,1-3,9H2;1H/t4-,5-;/m0./s1. The highest BCUT2D eigenvalue weighted by molar-refractivity contribution is 5.85. The minimum absolute atomic E-state index is 0. The summed E-state index contributed by atoms with van der Waals surface area (Å²) < 4.78 is 27.4. The summed E-state index contributed by atoms with van der Waals surface area (Å²) in [6.07, 6.45) is 1.96. The Morgan fingerprint density at radius 1 is 1.36 bits per heavy atom. The molecule has 68 valence electrons. The molecule has 1 aliphatic carbocycles. The maximum Gasteiger partial charge on any atom is 0.345 e. The van der Waals surface area contributed by atoms with Crippen LogP contribution in [0.5, 0.6) is 0 Å². The van der Waals surface area contributed by atoms with Gasteiger partial charge in [0.1, 0.15) is 0 Å². The summed E-state index contributed by atoms with van der Waals surface area (Å²) >= 11 is 0. The van der Waals surface area contributed by atoms with E-state index in [0.717, 1.165) is 12.8 Å². The van der Waals surface area contributed by atoms with Crippen LogP contribution in [0.1, 0.15) is 19.3 Å². The van der Waals surface area contributed by atoms with E-state index in [-0.39, 0.29) is 18.4 Å². The van der Waals surface area contributed by atoms with Crippen LogP contribution >= 0.6 is 12.4 Å². The lowest BCUT2D eigenvalue weighted by Crippen LogP contribution is -2.32. The molecular formula is C6H12ClF2NO. The van der Waals surface area contributed by atoms with Gasteiger partial charge in [-0.25, -0.2) is 0 Å². The van der Waals surface area contributed by atoms with Crippen molar-refractivity contribution < 1.29 is 13.5 Å². The summed E-state index contributed by atoms with van der Waals surface area (Å²) in [7, 11) is 0. The molecule has 0 aromatic carbocycles. The number of halogens is 3. The zero-order valence-corrected chi connectivity index (χ0v) is 6.82. The van der Waals surface area contributed by atoms with Crippen LogP contribution in [-0.4, -0.2) is 18.8 Å². The molecular weight excluding hydrogens is 176 g/mol. The second kappa shape index (κ2) is 4.85. The zero-order valence-electron chi connectivity index (χ0n) is 6.00. The molecule has 1 fully saturated rings. The molecule has 1 aliphatic rings. The molecule has 0 saturated heterocycles. The van der Waals surface area contributed by atoms with Crippen molar-refractivity contribution in [2.75, 3.05) is 0 Å². The van der Waals surface area contributed by atoms with E-state index in [1.807, 2.05) is 0 Å². The highest BCUT2D eigenvalue weighted by atomic mass is 35.5. The Balaban J connectivity index is 0.000001000. The third kappa shape index (κ3) is 3.31. The minimum atomic E-state index is -2.67. The van der Waals surface area contributed by atoms with E-state index >= 15 is 0 Å². The van der Waals surface area contributed by atoms with Gasteiger partial charge in [0.2, 0.25) is 0 Å². The molecule has 0 radical (unpaired) electrons. The Kier molecular flexibility index (Phi) is 4.88. The topological polar surface area (TPSA) is 35.2 Å². The third-order valence-electron chi connectivity index (χ3n) is 1.78. The van der Waals surface area contributed by atoms with Gasteiger partial charge in [-0.05, 0) is 19.3 Å². The van der Waals surface area contributed by atoms with Crippen LogP contribution in [-0.2, 0) is 4.74 Å². The molecule has 2 N–H and O–H groups in total. The largest absolute Gasteiger partial charge is 0.345 e. The van der Waals surface area contributed by atoms with Crippen LogP contribution in [0.3, 0.4) is 0 Å². The highest BCUT2D eigenvalue weighted by Gasteiger charge is 2.26. The predicted octanol–water partition coefficient (Wildman–Crippen LogP) is 1.53. The van der Waals surface area contributed by atoms with Crippen molar-refractivity contribution in [1.29, 1.82) is 0 Å². The van der Waals surface area contributed by atoms with Gasteiger partial charge in [0.05, 0.1) is 6.10 Å². The fraction of sp³-hybridized carbons (Fsp3) is 1.00. The van der Waals surface area contributed by atoms with Gasteiger partial charge in [-0.15, -0.1) is 12.4 Å². The van der Waals surface area contributed by atoms with E-state index in [1.54, 1.807) is 0 Å². The third-order valence-corrected chi connectivity index (χ3v) is 1.78. The van der Waals surface area contributed by atoms with Gasteiger partial charge in [-0.2, -0.15) is 8.78 Å². The zero-order chi connectivity index (χ0) is 7.56. The summed E-state index contributed by atoms with van der Waals surface area (Å²) in [5.41, 5.74) is 5.47. The second-order valence-electron chi connectivity index (χ2n) is 2.53. The van der Waals surface area contributed by atoms with Crippen LogP contribution in [0, 0.1) is 0 Å². The molecule has 5 heteroatoms. The molecule has 2 atom stereocenters. The molecule has 0 amide bonds. The predicted molar refractivity (Wildman–Crippen MR) is 40.0 cm³/mol. The molecule has 0 heterocycles. The van der Waals surface area contributed by atoms with Crippen LogP contribution in [0.25, 0.3) is 0 Å². The van der Waals surface area contributed by atoms with Crippen LogP contribution < -0.4 is 5.73 Å². The first-order chi connectivity index (χ1) is 4.70. The average Bonchev–Trinajstić information content (AvgIpc) is 2.15. The molecule has 0 aromatic heterocycles. The number of alkyl halides is 2. The smallest absolute Gasteiger partial charge is 0.325 e. The quantitative estimate of drug-likeness (QED) is 0.712. The van der Waals surface area contributed by atoms with E-state index in [2.05, 4.69) is 4.74 Å². The Morgan fingerprint density at radius 2 is 2.00 bits per heavy atom. The van der Waals surface area contributed by atoms with Gasteiger partial charge >= 0.3 is 6.61 Å². The summed E-state index contributed by atoms with van der Waals surface area (Å²) in [5, 5.41) is 0. The van der Waals surface area contributed by atoms with Crippen molar-refractivity contribution in [3.63, 3.8) is 0 Å². The second-order valence-corrected chi connectivity index (χ2v) is 2.53. The molecule has 0 spiro atoms. The summed E-state index contributed by atoms with van der Waals surface area (Å²) in [5.74, 6) is 0. The van der Waals surface area contributed by atoms with Crippen molar-refractivity contribution in [1.82, 2.24) is 0 Å². The number of hydrogen-bond donors (Lipinski definition) is 1. The van der Waals surface area contributed by atoms with E-state index in [4.69, 9.17) is 5.73 Å². The first-order valence-corrected chi connectivity index (χ1v) is 3.39. The van der Waals surface area contributed by atoms with E-state index < -0.39 is 12.7 Å². The number of hydrogen-bond acceptors (Lipinski definition) is 2. The van der Waals surface area contributed by atoms with Crippen molar-refractivity contribution in [2.24, 2.45) is 5.73 Å². The summed E-state index contributed by atoms with van der Waals surface area (Å²) in [6, 6.07) is -0.186. The monoisotopic (exact) mass is 187 g/mol. The lowest BCUT2D eigenvalue weighted by Gasteiger charge is -2.14. The summed E-state index contributed by atoms with van der Waals surface area (Å²) in [4.78, 5) is 0. The molecule has 11 heavy (non-hydrogen) atoms. The fourth-order valence-electron chi connectivity index (χ4n) is 1.26. The summed E-state index contributed by atoms with van der Waals surface area (Å²) in [6.45, 7) is -2.67. The molecule has 0 unspecified atom stereocenters. The Labute approximate surface area is 70.5 Å². The van der Waals surface area contributed by atoms with Crippen molar-refractivity contribution >= 4 is 12.4 Å². The average molecular weight is 188 g/mol. The van der Waals surface area contributed by atoms with Crippen molar-refractivity contribution in [3.05, 3.63) is 0 Å². The van der Waals surface area contributed by atoms with Crippen LogP contribution in [0.15, 0.2) is 0 Å². The molecule has 1 rings (SSSR count). The lowest BCUT2D eigenvalue weighted by molar-refractivity contribution is -0.163. The van der Waals surface area contributed by atoms with E-state index in [9.17, 15) is 8.78 Å². The van der Waals surface area contributed by atoms with Gasteiger partial charge < -0.3 is 10.5 Å². The van der Waals surface area contributed by atoms with E-state index in [1.165, 1.54) is 0 Å². The minimum Gasteiger partial charge on any atom is -0.325 e. The molecule has 2 nitrogen and oxygen atoms in total.